The number of carbonyl (C=O) groups is 1. The molecule has 2 N–H and O–H groups in total. The Bertz CT molecular complexity index is 352. The van der Waals surface area contributed by atoms with E-state index in [1.807, 2.05) is 18.2 Å². The van der Waals surface area contributed by atoms with Crippen LogP contribution in [-0.2, 0) is 15.3 Å². The van der Waals surface area contributed by atoms with Crippen LogP contribution in [0.15, 0.2) is 30.3 Å². The van der Waals surface area contributed by atoms with Crippen molar-refractivity contribution in [3.8, 4) is 0 Å². The maximum atomic E-state index is 11.5. The number of hydrogen-bond donors (Lipinski definition) is 1. The molecule has 0 aliphatic rings. The number of rotatable bonds is 6. The van der Waals surface area contributed by atoms with Gasteiger partial charge in [-0.2, -0.15) is 11.8 Å². The van der Waals surface area contributed by atoms with Crippen molar-refractivity contribution in [2.75, 3.05) is 12.4 Å². The summed E-state index contributed by atoms with van der Waals surface area (Å²) < 4.78 is 4.93. The molecule has 1 aromatic rings. The van der Waals surface area contributed by atoms with E-state index in [1.165, 1.54) is 5.56 Å². The zero-order chi connectivity index (χ0) is 12.7. The van der Waals surface area contributed by atoms with Crippen molar-refractivity contribution in [1.29, 1.82) is 0 Å². The number of thioether (sulfide) groups is 1. The highest BCUT2D eigenvalue weighted by molar-refractivity contribution is 7.98. The van der Waals surface area contributed by atoms with E-state index in [0.29, 0.717) is 12.4 Å². The Balaban J connectivity index is 2.37. The molecule has 0 heterocycles. The lowest BCUT2D eigenvalue weighted by Gasteiger charge is -2.21. The predicted molar refractivity (Wildman–Crippen MR) is 71.8 cm³/mol. The molecule has 1 rings (SSSR count). The predicted octanol–water partition coefficient (Wildman–Crippen LogP) is 2.20. The highest BCUT2D eigenvalue weighted by atomic mass is 32.2. The average molecular weight is 253 g/mol. The molecule has 0 radical (unpaired) electrons. The van der Waals surface area contributed by atoms with Gasteiger partial charge < -0.3 is 10.5 Å². The molecule has 0 bridgehead atoms. The van der Waals surface area contributed by atoms with Gasteiger partial charge in [0.15, 0.2) is 0 Å². The minimum atomic E-state index is -0.907. The minimum Gasteiger partial charge on any atom is -0.465 e. The zero-order valence-electron chi connectivity index (χ0n) is 10.3. The Labute approximate surface area is 107 Å². The molecule has 1 aromatic carbocycles. The molecular formula is C13H19NO2S. The fraction of sp³-hybridized carbons (Fsp3) is 0.462. The number of hydrogen-bond acceptors (Lipinski definition) is 4. The van der Waals surface area contributed by atoms with Crippen molar-refractivity contribution < 1.29 is 9.53 Å². The summed E-state index contributed by atoms with van der Waals surface area (Å²) in [5.41, 5.74) is 6.24. The first kappa shape index (κ1) is 14.1. The Kier molecular flexibility index (Phi) is 5.51. The maximum absolute atomic E-state index is 11.5. The smallest absolute Gasteiger partial charge is 0.326 e. The van der Waals surface area contributed by atoms with Gasteiger partial charge in [0.25, 0.3) is 0 Å². The van der Waals surface area contributed by atoms with Crippen LogP contribution in [-0.4, -0.2) is 23.9 Å². The first-order valence-electron chi connectivity index (χ1n) is 5.64. The van der Waals surface area contributed by atoms with Crippen molar-refractivity contribution in [2.45, 2.75) is 25.1 Å². The van der Waals surface area contributed by atoms with Crippen LogP contribution in [0.5, 0.6) is 0 Å². The van der Waals surface area contributed by atoms with E-state index in [-0.39, 0.29) is 5.97 Å². The normalized spacial score (nSPS) is 14.1. The van der Waals surface area contributed by atoms with Crippen LogP contribution in [0.1, 0.15) is 19.4 Å². The van der Waals surface area contributed by atoms with E-state index in [4.69, 9.17) is 10.5 Å². The first-order chi connectivity index (χ1) is 8.06. The van der Waals surface area contributed by atoms with Crippen LogP contribution < -0.4 is 5.73 Å². The van der Waals surface area contributed by atoms with E-state index in [1.54, 1.807) is 25.6 Å². The molecule has 0 saturated carbocycles. The highest BCUT2D eigenvalue weighted by Crippen LogP contribution is 2.17. The molecule has 0 amide bonds. The lowest BCUT2D eigenvalue weighted by molar-refractivity contribution is -0.148. The number of ether oxygens (including phenoxy) is 1. The lowest BCUT2D eigenvalue weighted by atomic mass is 10.1. The molecule has 94 valence electrons. The van der Waals surface area contributed by atoms with Gasteiger partial charge in [0.2, 0.25) is 0 Å². The second-order valence-corrected chi connectivity index (χ2v) is 5.10. The molecule has 0 aromatic heterocycles. The van der Waals surface area contributed by atoms with Gasteiger partial charge in [0, 0.05) is 11.5 Å². The molecule has 0 aliphatic carbocycles. The fourth-order valence-corrected chi connectivity index (χ4v) is 2.38. The second-order valence-electron chi connectivity index (χ2n) is 4.12. The van der Waals surface area contributed by atoms with Crippen LogP contribution in [0, 0.1) is 0 Å². The summed E-state index contributed by atoms with van der Waals surface area (Å²) in [5, 5.41) is 0. The minimum absolute atomic E-state index is 0.333. The van der Waals surface area contributed by atoms with E-state index < -0.39 is 5.54 Å². The summed E-state index contributed by atoms with van der Waals surface area (Å²) in [5.74, 6) is 1.08. The molecule has 4 heteroatoms. The van der Waals surface area contributed by atoms with Crippen LogP contribution in [0.2, 0.25) is 0 Å². The molecular weight excluding hydrogens is 234 g/mol. The quantitative estimate of drug-likeness (QED) is 0.790. The van der Waals surface area contributed by atoms with Gasteiger partial charge in [-0.15, -0.1) is 0 Å². The van der Waals surface area contributed by atoms with Crippen molar-refractivity contribution >= 4 is 17.7 Å². The standard InChI is InChI=1S/C13H19NO2S/c1-3-16-12(15)13(2,14)10-17-9-11-7-5-4-6-8-11/h4-8H,3,9-10,14H2,1-2H3. The van der Waals surface area contributed by atoms with Crippen LogP contribution in [0.3, 0.4) is 0 Å². The van der Waals surface area contributed by atoms with Crippen molar-refractivity contribution in [1.82, 2.24) is 0 Å². The van der Waals surface area contributed by atoms with Gasteiger partial charge in [0.1, 0.15) is 5.54 Å². The summed E-state index contributed by atoms with van der Waals surface area (Å²) >= 11 is 1.64. The molecule has 1 unspecified atom stereocenters. The van der Waals surface area contributed by atoms with Crippen molar-refractivity contribution in [2.24, 2.45) is 5.73 Å². The summed E-state index contributed by atoms with van der Waals surface area (Å²) in [6.45, 7) is 3.86. The molecule has 17 heavy (non-hydrogen) atoms. The van der Waals surface area contributed by atoms with Gasteiger partial charge >= 0.3 is 5.97 Å². The Morgan fingerprint density at radius 3 is 2.65 bits per heavy atom. The van der Waals surface area contributed by atoms with Crippen molar-refractivity contribution in [3.63, 3.8) is 0 Å². The van der Waals surface area contributed by atoms with E-state index >= 15 is 0 Å². The fourth-order valence-electron chi connectivity index (χ4n) is 1.31. The monoisotopic (exact) mass is 253 g/mol. The van der Waals surface area contributed by atoms with Crippen molar-refractivity contribution in [3.05, 3.63) is 35.9 Å². The number of nitrogens with two attached hydrogens (primary N) is 1. The first-order valence-corrected chi connectivity index (χ1v) is 6.79. The van der Waals surface area contributed by atoms with Gasteiger partial charge in [-0.25, -0.2) is 0 Å². The second kappa shape index (κ2) is 6.67. The number of benzene rings is 1. The third-order valence-electron chi connectivity index (χ3n) is 2.26. The van der Waals surface area contributed by atoms with Crippen LogP contribution >= 0.6 is 11.8 Å². The van der Waals surface area contributed by atoms with Crippen LogP contribution in [0.25, 0.3) is 0 Å². The summed E-state index contributed by atoms with van der Waals surface area (Å²) in [4.78, 5) is 11.5. The molecule has 3 nitrogen and oxygen atoms in total. The lowest BCUT2D eigenvalue weighted by Crippen LogP contribution is -2.48. The number of carbonyl (C=O) groups excluding carboxylic acids is 1. The Hall–Kier alpha value is -1.00. The largest absolute Gasteiger partial charge is 0.465 e. The molecule has 0 spiro atoms. The van der Waals surface area contributed by atoms with E-state index in [2.05, 4.69) is 12.1 Å². The highest BCUT2D eigenvalue weighted by Gasteiger charge is 2.29. The average Bonchev–Trinajstić information content (AvgIpc) is 2.30. The van der Waals surface area contributed by atoms with E-state index in [9.17, 15) is 4.79 Å². The third-order valence-corrected chi connectivity index (χ3v) is 3.60. The molecule has 1 atom stereocenters. The van der Waals surface area contributed by atoms with Gasteiger partial charge in [0.05, 0.1) is 6.61 Å². The summed E-state index contributed by atoms with van der Waals surface area (Å²) in [7, 11) is 0. The maximum Gasteiger partial charge on any atom is 0.326 e. The van der Waals surface area contributed by atoms with Crippen LogP contribution in [0.4, 0.5) is 0 Å². The van der Waals surface area contributed by atoms with Gasteiger partial charge in [-0.1, -0.05) is 30.3 Å². The Morgan fingerprint density at radius 1 is 1.41 bits per heavy atom. The van der Waals surface area contributed by atoms with Gasteiger partial charge in [-0.05, 0) is 19.4 Å². The zero-order valence-corrected chi connectivity index (χ0v) is 11.1. The molecule has 0 fully saturated rings. The molecule has 0 saturated heterocycles. The Morgan fingerprint density at radius 2 is 2.06 bits per heavy atom. The summed E-state index contributed by atoms with van der Waals surface area (Å²) in [6, 6.07) is 10.1. The topological polar surface area (TPSA) is 52.3 Å². The van der Waals surface area contributed by atoms with E-state index in [0.717, 1.165) is 5.75 Å². The number of esters is 1. The van der Waals surface area contributed by atoms with Gasteiger partial charge in [-0.3, -0.25) is 4.79 Å². The third kappa shape index (κ3) is 4.79. The summed E-state index contributed by atoms with van der Waals surface area (Å²) in [6.07, 6.45) is 0. The SMILES string of the molecule is CCOC(=O)C(C)(N)CSCc1ccccc1. The molecule has 0 aliphatic heterocycles.